The van der Waals surface area contributed by atoms with Crippen LogP contribution in [0.3, 0.4) is 0 Å². The van der Waals surface area contributed by atoms with E-state index in [-0.39, 0.29) is 18.5 Å². The maximum Gasteiger partial charge on any atom is 0.244 e. The van der Waals surface area contributed by atoms with Crippen molar-refractivity contribution >= 4 is 5.91 Å². The number of tetrazole rings is 1. The number of hydrogen-bond acceptors (Lipinski definition) is 6. The van der Waals surface area contributed by atoms with Crippen LogP contribution in [-0.2, 0) is 22.5 Å². The van der Waals surface area contributed by atoms with Gasteiger partial charge in [0.15, 0.2) is 5.82 Å². The van der Waals surface area contributed by atoms with Crippen molar-refractivity contribution in [3.8, 4) is 0 Å². The molecular formula is C16H20N6O2. The van der Waals surface area contributed by atoms with Crippen LogP contribution in [0, 0.1) is 5.92 Å². The monoisotopic (exact) mass is 328 g/mol. The second-order valence-corrected chi connectivity index (χ2v) is 6.32. The molecule has 2 fully saturated rings. The van der Waals surface area contributed by atoms with E-state index in [1.807, 2.05) is 23.1 Å². The highest BCUT2D eigenvalue weighted by atomic mass is 16.5. The van der Waals surface area contributed by atoms with E-state index in [0.717, 1.165) is 5.69 Å². The molecule has 0 radical (unpaired) electrons. The van der Waals surface area contributed by atoms with Crippen molar-refractivity contribution in [3.63, 3.8) is 0 Å². The molecule has 1 aliphatic carbocycles. The maximum absolute atomic E-state index is 12.8. The van der Waals surface area contributed by atoms with Gasteiger partial charge >= 0.3 is 0 Å². The Hall–Kier alpha value is -2.35. The van der Waals surface area contributed by atoms with Gasteiger partial charge in [0.25, 0.3) is 0 Å². The smallest absolute Gasteiger partial charge is 0.244 e. The number of ether oxygens (including phenoxy) is 1. The number of carbonyl (C=O) groups excluding carboxylic acids is 1. The second-order valence-electron chi connectivity index (χ2n) is 6.32. The number of carbonyl (C=O) groups is 1. The Morgan fingerprint density at radius 1 is 1.33 bits per heavy atom. The molecule has 1 atom stereocenters. The molecule has 1 saturated carbocycles. The number of aromatic nitrogens is 5. The summed E-state index contributed by atoms with van der Waals surface area (Å²) < 4.78 is 7.13. The summed E-state index contributed by atoms with van der Waals surface area (Å²) in [5.41, 5.74) is 0.878. The molecule has 1 saturated heterocycles. The lowest BCUT2D eigenvalue weighted by Gasteiger charge is -2.35. The molecule has 24 heavy (non-hydrogen) atoms. The average molecular weight is 328 g/mol. The second kappa shape index (κ2) is 6.64. The van der Waals surface area contributed by atoms with Gasteiger partial charge in [-0.2, -0.15) is 0 Å². The largest absolute Gasteiger partial charge is 0.377 e. The molecule has 0 bridgehead atoms. The molecule has 8 heteroatoms. The molecule has 0 spiro atoms. The van der Waals surface area contributed by atoms with Crippen LogP contribution in [-0.4, -0.2) is 61.8 Å². The van der Waals surface area contributed by atoms with Crippen molar-refractivity contribution in [2.75, 3.05) is 19.8 Å². The number of morpholine rings is 1. The number of pyridine rings is 1. The summed E-state index contributed by atoms with van der Waals surface area (Å²) in [4.78, 5) is 19.0. The van der Waals surface area contributed by atoms with Gasteiger partial charge in [-0.05, 0) is 41.3 Å². The predicted molar refractivity (Wildman–Crippen MR) is 83.9 cm³/mol. The van der Waals surface area contributed by atoms with Gasteiger partial charge in [-0.15, -0.1) is 5.10 Å². The first-order valence-corrected chi connectivity index (χ1v) is 8.33. The van der Waals surface area contributed by atoms with E-state index in [1.54, 1.807) is 10.9 Å². The van der Waals surface area contributed by atoms with Gasteiger partial charge in [0.05, 0.1) is 25.7 Å². The first-order chi connectivity index (χ1) is 11.8. The standard InChI is InChI=1S/C16H20N6O2/c23-16(21-7-8-24-11-14(21)12-4-5-12)10-22-15(18-19-20-22)9-13-3-1-2-6-17-13/h1-3,6,12,14H,4-5,7-11H2. The molecule has 2 aliphatic rings. The van der Waals surface area contributed by atoms with Crippen LogP contribution in [0.4, 0.5) is 0 Å². The molecule has 126 valence electrons. The number of nitrogens with zero attached hydrogens (tertiary/aromatic N) is 6. The predicted octanol–water partition coefficient (Wildman–Crippen LogP) is 0.296. The molecule has 4 rings (SSSR count). The normalized spacial score (nSPS) is 21.0. The Labute approximate surface area is 139 Å². The Balaban J connectivity index is 1.45. The summed E-state index contributed by atoms with van der Waals surface area (Å²) in [7, 11) is 0. The Bertz CT molecular complexity index is 700. The molecule has 0 aromatic carbocycles. The highest BCUT2D eigenvalue weighted by Crippen LogP contribution is 2.36. The van der Waals surface area contributed by atoms with Gasteiger partial charge in [0.1, 0.15) is 6.54 Å². The fraction of sp³-hybridized carbons (Fsp3) is 0.562. The minimum Gasteiger partial charge on any atom is -0.377 e. The lowest BCUT2D eigenvalue weighted by atomic mass is 10.1. The summed E-state index contributed by atoms with van der Waals surface area (Å²) in [6, 6.07) is 5.93. The van der Waals surface area contributed by atoms with Crippen LogP contribution in [0.15, 0.2) is 24.4 Å². The SMILES string of the molecule is O=C(Cn1nnnc1Cc1ccccn1)N1CCOCC1C1CC1. The molecule has 3 heterocycles. The number of amides is 1. The van der Waals surface area contributed by atoms with Gasteiger partial charge in [-0.1, -0.05) is 6.07 Å². The minimum absolute atomic E-state index is 0.0600. The summed E-state index contributed by atoms with van der Waals surface area (Å²) in [6.07, 6.45) is 4.63. The third-order valence-electron chi connectivity index (χ3n) is 4.61. The van der Waals surface area contributed by atoms with Crippen molar-refractivity contribution < 1.29 is 9.53 Å². The van der Waals surface area contributed by atoms with Crippen molar-refractivity contribution in [3.05, 3.63) is 35.9 Å². The Morgan fingerprint density at radius 3 is 3.04 bits per heavy atom. The summed E-state index contributed by atoms with van der Waals surface area (Å²) in [5.74, 6) is 1.30. The van der Waals surface area contributed by atoms with E-state index in [0.29, 0.717) is 37.9 Å². The molecule has 1 unspecified atom stereocenters. The summed E-state index contributed by atoms with van der Waals surface area (Å²) in [5, 5.41) is 11.7. The molecule has 1 amide bonds. The third-order valence-corrected chi connectivity index (χ3v) is 4.61. The Morgan fingerprint density at radius 2 is 2.25 bits per heavy atom. The summed E-state index contributed by atoms with van der Waals surface area (Å²) in [6.45, 7) is 2.06. The fourth-order valence-corrected chi connectivity index (χ4v) is 3.16. The zero-order chi connectivity index (χ0) is 16.4. The molecule has 8 nitrogen and oxygen atoms in total. The van der Waals surface area contributed by atoms with E-state index in [4.69, 9.17) is 4.74 Å². The van der Waals surface area contributed by atoms with Crippen LogP contribution >= 0.6 is 0 Å². The van der Waals surface area contributed by atoms with Gasteiger partial charge in [0.2, 0.25) is 5.91 Å². The van der Waals surface area contributed by atoms with Crippen LogP contribution in [0.1, 0.15) is 24.4 Å². The van der Waals surface area contributed by atoms with Crippen molar-refractivity contribution in [1.29, 1.82) is 0 Å². The van der Waals surface area contributed by atoms with Gasteiger partial charge in [0, 0.05) is 18.4 Å². The van der Waals surface area contributed by atoms with Gasteiger partial charge in [-0.3, -0.25) is 9.78 Å². The van der Waals surface area contributed by atoms with Crippen molar-refractivity contribution in [2.24, 2.45) is 5.92 Å². The zero-order valence-electron chi connectivity index (χ0n) is 13.4. The zero-order valence-corrected chi connectivity index (χ0v) is 13.4. The highest BCUT2D eigenvalue weighted by Gasteiger charge is 2.39. The van der Waals surface area contributed by atoms with Crippen LogP contribution in [0.5, 0.6) is 0 Å². The molecule has 1 aliphatic heterocycles. The highest BCUT2D eigenvalue weighted by molar-refractivity contribution is 5.76. The Kier molecular flexibility index (Phi) is 4.20. The van der Waals surface area contributed by atoms with Gasteiger partial charge < -0.3 is 9.64 Å². The molecular weight excluding hydrogens is 308 g/mol. The quantitative estimate of drug-likeness (QED) is 0.784. The van der Waals surface area contributed by atoms with E-state index in [1.165, 1.54) is 12.8 Å². The third kappa shape index (κ3) is 3.28. The molecule has 0 N–H and O–H groups in total. The lowest BCUT2D eigenvalue weighted by molar-refractivity contribution is -0.141. The first kappa shape index (κ1) is 15.2. The lowest BCUT2D eigenvalue weighted by Crippen LogP contribution is -2.51. The van der Waals surface area contributed by atoms with Crippen LogP contribution < -0.4 is 0 Å². The van der Waals surface area contributed by atoms with E-state index < -0.39 is 0 Å². The molecule has 2 aromatic rings. The van der Waals surface area contributed by atoms with E-state index in [9.17, 15) is 4.79 Å². The number of hydrogen-bond donors (Lipinski definition) is 0. The van der Waals surface area contributed by atoms with E-state index in [2.05, 4.69) is 20.5 Å². The average Bonchev–Trinajstić information content (AvgIpc) is 3.38. The first-order valence-electron chi connectivity index (χ1n) is 8.33. The van der Waals surface area contributed by atoms with Crippen LogP contribution in [0.2, 0.25) is 0 Å². The van der Waals surface area contributed by atoms with Crippen molar-refractivity contribution in [1.82, 2.24) is 30.1 Å². The van der Waals surface area contributed by atoms with Gasteiger partial charge in [-0.25, -0.2) is 4.68 Å². The summed E-state index contributed by atoms with van der Waals surface area (Å²) >= 11 is 0. The number of rotatable bonds is 5. The topological polar surface area (TPSA) is 86.0 Å². The fourth-order valence-electron chi connectivity index (χ4n) is 3.16. The van der Waals surface area contributed by atoms with E-state index >= 15 is 0 Å². The molecule has 2 aromatic heterocycles. The maximum atomic E-state index is 12.8. The minimum atomic E-state index is 0.0600. The van der Waals surface area contributed by atoms with Crippen molar-refractivity contribution in [2.45, 2.75) is 31.8 Å². The van der Waals surface area contributed by atoms with Crippen LogP contribution in [0.25, 0.3) is 0 Å².